The standard InChI is InChI=1S/C20H26BrI/c1-15(2)13-17-5-9-19(10-6-17)22(21)20-11-7-18(8-12-20)14-16(3)4/h5-12,15-16H,13-14H2,1-4H3. The van der Waals surface area contributed by atoms with Gasteiger partial charge >= 0.3 is 149 Å². The van der Waals surface area contributed by atoms with Crippen LogP contribution in [0.2, 0.25) is 0 Å². The summed E-state index contributed by atoms with van der Waals surface area (Å²) < 4.78 is 2.96. The van der Waals surface area contributed by atoms with Crippen LogP contribution >= 0.6 is 30.3 Å². The van der Waals surface area contributed by atoms with E-state index >= 15 is 0 Å². The van der Waals surface area contributed by atoms with Crippen LogP contribution in [0.25, 0.3) is 0 Å². The average Bonchev–Trinajstić information content (AvgIpc) is 2.47. The van der Waals surface area contributed by atoms with Gasteiger partial charge in [-0.05, 0) is 0 Å². The van der Waals surface area contributed by atoms with Crippen LogP contribution in [0.15, 0.2) is 48.5 Å². The summed E-state index contributed by atoms with van der Waals surface area (Å²) in [6, 6.07) is 18.5. The van der Waals surface area contributed by atoms with E-state index in [-0.39, 0.29) is 0 Å². The molecule has 0 N–H and O–H groups in total. The fourth-order valence-electron chi connectivity index (χ4n) is 2.53. The van der Waals surface area contributed by atoms with Crippen molar-refractivity contribution in [3.63, 3.8) is 0 Å². The molecule has 2 aromatic rings. The summed E-state index contributed by atoms with van der Waals surface area (Å²) in [6.45, 7) is 9.09. The second-order valence-corrected chi connectivity index (χ2v) is 14.6. The van der Waals surface area contributed by atoms with E-state index in [0.29, 0.717) is 0 Å². The first-order chi connectivity index (χ1) is 10.5. The first-order valence-corrected chi connectivity index (χ1v) is 15.0. The zero-order chi connectivity index (χ0) is 16.1. The molecular weight excluding hydrogens is 447 g/mol. The maximum absolute atomic E-state index is 4.00. The molecule has 22 heavy (non-hydrogen) atoms. The third-order valence-electron chi connectivity index (χ3n) is 3.50. The van der Waals surface area contributed by atoms with Crippen molar-refractivity contribution in [2.24, 2.45) is 11.8 Å². The predicted octanol–water partition coefficient (Wildman–Crippen LogP) is 6.94. The van der Waals surface area contributed by atoms with Crippen molar-refractivity contribution in [1.82, 2.24) is 0 Å². The Hall–Kier alpha value is -0.350. The summed E-state index contributed by atoms with van der Waals surface area (Å²) in [7, 11) is 0. The summed E-state index contributed by atoms with van der Waals surface area (Å²) in [4.78, 5) is 0. The normalized spacial score (nSPS) is 12.0. The van der Waals surface area contributed by atoms with Crippen molar-refractivity contribution < 1.29 is 0 Å². The first kappa shape index (κ1) is 18.0. The zero-order valence-corrected chi connectivity index (χ0v) is 17.7. The van der Waals surface area contributed by atoms with Gasteiger partial charge in [0.1, 0.15) is 0 Å². The van der Waals surface area contributed by atoms with Gasteiger partial charge in [0.05, 0.1) is 0 Å². The van der Waals surface area contributed by atoms with Crippen molar-refractivity contribution in [3.8, 4) is 0 Å². The fraction of sp³-hybridized carbons (Fsp3) is 0.400. The minimum absolute atomic E-state index is 0.720. The molecule has 0 unspecified atom stereocenters. The van der Waals surface area contributed by atoms with Crippen LogP contribution in [0.3, 0.4) is 0 Å². The summed E-state index contributed by atoms with van der Waals surface area (Å²) >= 11 is 2.59. The van der Waals surface area contributed by atoms with E-state index in [1.165, 1.54) is 31.1 Å². The van der Waals surface area contributed by atoms with Gasteiger partial charge in [-0.1, -0.05) is 0 Å². The van der Waals surface area contributed by atoms with E-state index in [9.17, 15) is 0 Å². The molecule has 2 aromatic carbocycles. The van der Waals surface area contributed by atoms with E-state index in [2.05, 4.69) is 88.9 Å². The molecule has 0 spiro atoms. The van der Waals surface area contributed by atoms with E-state index in [4.69, 9.17) is 0 Å². The second kappa shape index (κ2) is 8.49. The summed E-state index contributed by atoms with van der Waals surface area (Å²) in [6.07, 6.45) is 2.33. The molecule has 0 saturated carbocycles. The Morgan fingerprint density at radius 1 is 0.682 bits per heavy atom. The van der Waals surface area contributed by atoms with Crippen LogP contribution in [0.5, 0.6) is 0 Å². The van der Waals surface area contributed by atoms with Crippen LogP contribution in [-0.2, 0) is 12.8 Å². The van der Waals surface area contributed by atoms with Gasteiger partial charge in [-0.25, -0.2) is 0 Å². The van der Waals surface area contributed by atoms with Crippen molar-refractivity contribution in [2.75, 3.05) is 0 Å². The Labute approximate surface area is 148 Å². The molecule has 0 fully saturated rings. The summed E-state index contributed by atoms with van der Waals surface area (Å²) in [5, 5.41) is 0. The Kier molecular flexibility index (Phi) is 6.94. The topological polar surface area (TPSA) is 0 Å². The number of hydrogen-bond donors (Lipinski definition) is 0. The molecule has 0 aliphatic heterocycles. The van der Waals surface area contributed by atoms with Gasteiger partial charge in [0.15, 0.2) is 0 Å². The summed E-state index contributed by atoms with van der Waals surface area (Å²) in [5.41, 5.74) is 2.89. The van der Waals surface area contributed by atoms with E-state index in [1.807, 2.05) is 0 Å². The number of halogens is 2. The Morgan fingerprint density at radius 3 is 1.27 bits per heavy atom. The van der Waals surface area contributed by atoms with Gasteiger partial charge in [0.2, 0.25) is 0 Å². The van der Waals surface area contributed by atoms with Crippen LogP contribution in [0, 0.1) is 19.0 Å². The quantitative estimate of drug-likeness (QED) is 0.399. The molecule has 0 amide bonds. The first-order valence-electron chi connectivity index (χ1n) is 8.00. The van der Waals surface area contributed by atoms with Crippen molar-refractivity contribution in [3.05, 3.63) is 66.8 Å². The monoisotopic (exact) mass is 472 g/mol. The van der Waals surface area contributed by atoms with Crippen molar-refractivity contribution in [2.45, 2.75) is 40.5 Å². The number of benzene rings is 2. The molecule has 0 radical (unpaired) electrons. The molecule has 0 heterocycles. The number of rotatable bonds is 6. The van der Waals surface area contributed by atoms with Gasteiger partial charge in [-0.15, -0.1) is 0 Å². The van der Waals surface area contributed by atoms with Gasteiger partial charge < -0.3 is 0 Å². The molecule has 0 aromatic heterocycles. The Morgan fingerprint density at radius 2 is 1.00 bits per heavy atom. The second-order valence-electron chi connectivity index (χ2n) is 6.69. The Balaban J connectivity index is 2.08. The fourth-order valence-corrected chi connectivity index (χ4v) is 7.91. The minimum atomic E-state index is -1.41. The average molecular weight is 473 g/mol. The molecule has 0 aliphatic rings. The van der Waals surface area contributed by atoms with Crippen LogP contribution in [-0.4, -0.2) is 0 Å². The third kappa shape index (κ3) is 5.38. The molecule has 0 nitrogen and oxygen atoms in total. The molecule has 2 rings (SSSR count). The van der Waals surface area contributed by atoms with E-state index in [1.54, 1.807) is 0 Å². The molecule has 2 heteroatoms. The SMILES string of the molecule is CC(C)Cc1ccc(I(Br)c2ccc(CC(C)C)cc2)cc1. The third-order valence-corrected chi connectivity index (χ3v) is 11.8. The maximum atomic E-state index is 4.00. The van der Waals surface area contributed by atoms with Crippen LogP contribution in [0.4, 0.5) is 0 Å². The molecular formula is C20H26BrI. The molecule has 0 atom stereocenters. The summed E-state index contributed by atoms with van der Waals surface area (Å²) in [5.74, 6) is 1.44. The predicted molar refractivity (Wildman–Crippen MR) is 110 cm³/mol. The van der Waals surface area contributed by atoms with Gasteiger partial charge in [-0.2, -0.15) is 0 Å². The van der Waals surface area contributed by atoms with Gasteiger partial charge in [0.25, 0.3) is 0 Å². The van der Waals surface area contributed by atoms with Crippen LogP contribution < -0.4 is 0 Å². The van der Waals surface area contributed by atoms with Gasteiger partial charge in [0, 0.05) is 0 Å². The zero-order valence-electron chi connectivity index (χ0n) is 13.9. The molecule has 0 saturated heterocycles. The molecule has 120 valence electrons. The molecule has 0 aliphatic carbocycles. The van der Waals surface area contributed by atoms with Crippen molar-refractivity contribution >= 4 is 30.3 Å². The van der Waals surface area contributed by atoms with Crippen molar-refractivity contribution in [1.29, 1.82) is 0 Å². The number of hydrogen-bond acceptors (Lipinski definition) is 0. The van der Waals surface area contributed by atoms with E-state index in [0.717, 1.165) is 11.8 Å². The van der Waals surface area contributed by atoms with E-state index < -0.39 is 17.6 Å². The Bertz CT molecular complexity index is 516. The van der Waals surface area contributed by atoms with Crippen LogP contribution in [0.1, 0.15) is 38.8 Å². The van der Waals surface area contributed by atoms with Gasteiger partial charge in [-0.3, -0.25) is 0 Å². The molecule has 0 bridgehead atoms.